The maximum absolute atomic E-state index is 12.0. The highest BCUT2D eigenvalue weighted by Gasteiger charge is 2.06. The average molecular weight is 510 g/mol. The Labute approximate surface area is 190 Å². The van der Waals surface area contributed by atoms with Gasteiger partial charge in [0.05, 0.1) is 6.61 Å². The molecule has 0 saturated carbocycles. The van der Waals surface area contributed by atoms with Crippen molar-refractivity contribution in [2.24, 2.45) is 4.99 Å². The fraction of sp³-hybridized carbons (Fsp3) is 0.364. The van der Waals surface area contributed by atoms with Crippen LogP contribution in [0.5, 0.6) is 5.75 Å². The Balaban J connectivity index is 0.00000420. The van der Waals surface area contributed by atoms with Gasteiger partial charge in [0, 0.05) is 38.7 Å². The fourth-order valence-electron chi connectivity index (χ4n) is 2.68. The van der Waals surface area contributed by atoms with E-state index < -0.39 is 0 Å². The molecule has 6 nitrogen and oxygen atoms in total. The Kier molecular flexibility index (Phi) is 11.8. The highest BCUT2D eigenvalue weighted by atomic mass is 127. The van der Waals surface area contributed by atoms with Gasteiger partial charge < -0.3 is 20.7 Å². The standard InChI is InChI=1S/C22H30N4O2.HI/c1-4-28-20-14-17(2)10-11-19(20)16-26-22(23-3)24-13-12-21(27)25-15-18-8-6-5-7-9-18;/h5-11,14H,4,12-13,15-16H2,1-3H3,(H,25,27)(H2,23,24,26);1H. The van der Waals surface area contributed by atoms with Gasteiger partial charge in [0.1, 0.15) is 5.75 Å². The normalized spacial score (nSPS) is 10.7. The molecule has 0 saturated heterocycles. The lowest BCUT2D eigenvalue weighted by atomic mass is 10.1. The van der Waals surface area contributed by atoms with Crippen molar-refractivity contribution in [1.82, 2.24) is 16.0 Å². The first-order valence-corrected chi connectivity index (χ1v) is 9.59. The van der Waals surface area contributed by atoms with Crippen molar-refractivity contribution in [2.45, 2.75) is 33.4 Å². The average Bonchev–Trinajstić information content (AvgIpc) is 2.71. The number of hydrogen-bond donors (Lipinski definition) is 3. The molecular weight excluding hydrogens is 479 g/mol. The molecule has 7 heteroatoms. The number of amides is 1. The molecule has 0 unspecified atom stereocenters. The number of carbonyl (C=O) groups is 1. The van der Waals surface area contributed by atoms with Gasteiger partial charge in [0.2, 0.25) is 5.91 Å². The van der Waals surface area contributed by atoms with E-state index in [1.165, 1.54) is 0 Å². The molecule has 0 bridgehead atoms. The Bertz CT molecular complexity index is 782. The van der Waals surface area contributed by atoms with Gasteiger partial charge in [-0.3, -0.25) is 9.79 Å². The lowest BCUT2D eigenvalue weighted by Gasteiger charge is -2.15. The van der Waals surface area contributed by atoms with E-state index in [2.05, 4.69) is 33.1 Å². The van der Waals surface area contributed by atoms with Crippen molar-refractivity contribution in [1.29, 1.82) is 0 Å². The highest BCUT2D eigenvalue weighted by molar-refractivity contribution is 14.0. The summed E-state index contributed by atoms with van der Waals surface area (Å²) in [6, 6.07) is 16.0. The molecule has 158 valence electrons. The van der Waals surface area contributed by atoms with Gasteiger partial charge in [0.25, 0.3) is 0 Å². The van der Waals surface area contributed by atoms with Gasteiger partial charge in [-0.05, 0) is 31.0 Å². The lowest BCUT2D eigenvalue weighted by Crippen LogP contribution is -2.39. The lowest BCUT2D eigenvalue weighted by molar-refractivity contribution is -0.121. The number of nitrogens with zero attached hydrogens (tertiary/aromatic N) is 1. The number of aryl methyl sites for hydroxylation is 1. The van der Waals surface area contributed by atoms with Crippen LogP contribution in [0, 0.1) is 6.92 Å². The van der Waals surface area contributed by atoms with Crippen LogP contribution in [0.15, 0.2) is 53.5 Å². The second kappa shape index (κ2) is 13.8. The summed E-state index contributed by atoms with van der Waals surface area (Å²) in [7, 11) is 1.71. The molecule has 2 aromatic rings. The monoisotopic (exact) mass is 510 g/mol. The van der Waals surface area contributed by atoms with Gasteiger partial charge in [0.15, 0.2) is 5.96 Å². The maximum Gasteiger partial charge on any atom is 0.222 e. The van der Waals surface area contributed by atoms with E-state index in [4.69, 9.17) is 4.74 Å². The van der Waals surface area contributed by atoms with Crippen LogP contribution in [0.4, 0.5) is 0 Å². The molecule has 29 heavy (non-hydrogen) atoms. The van der Waals surface area contributed by atoms with E-state index in [0.29, 0.717) is 38.6 Å². The summed E-state index contributed by atoms with van der Waals surface area (Å²) in [4.78, 5) is 16.2. The third-order valence-electron chi connectivity index (χ3n) is 4.17. The molecule has 0 radical (unpaired) electrons. The van der Waals surface area contributed by atoms with Crippen molar-refractivity contribution in [3.63, 3.8) is 0 Å². The number of rotatable bonds is 9. The van der Waals surface area contributed by atoms with E-state index in [1.54, 1.807) is 7.05 Å². The maximum atomic E-state index is 12.0. The van der Waals surface area contributed by atoms with Crippen molar-refractivity contribution >= 4 is 35.8 Å². The Morgan fingerprint density at radius 3 is 2.48 bits per heavy atom. The molecule has 0 aliphatic carbocycles. The van der Waals surface area contributed by atoms with Crippen molar-refractivity contribution < 1.29 is 9.53 Å². The van der Waals surface area contributed by atoms with Gasteiger partial charge >= 0.3 is 0 Å². The zero-order valence-corrected chi connectivity index (χ0v) is 19.7. The number of aliphatic imine (C=N–C) groups is 1. The van der Waals surface area contributed by atoms with Crippen molar-refractivity contribution in [3.8, 4) is 5.75 Å². The minimum absolute atomic E-state index is 0. The molecule has 0 aliphatic rings. The number of carbonyl (C=O) groups excluding carboxylic acids is 1. The Morgan fingerprint density at radius 1 is 1.03 bits per heavy atom. The van der Waals surface area contributed by atoms with Crippen LogP contribution < -0.4 is 20.7 Å². The summed E-state index contributed by atoms with van der Waals surface area (Å²) in [5, 5.41) is 9.35. The summed E-state index contributed by atoms with van der Waals surface area (Å²) in [5.74, 6) is 1.54. The van der Waals surface area contributed by atoms with E-state index in [0.717, 1.165) is 22.4 Å². The summed E-state index contributed by atoms with van der Waals surface area (Å²) in [5.41, 5.74) is 3.32. The summed E-state index contributed by atoms with van der Waals surface area (Å²) in [6.45, 7) is 6.29. The van der Waals surface area contributed by atoms with Gasteiger partial charge in [-0.15, -0.1) is 24.0 Å². The van der Waals surface area contributed by atoms with Gasteiger partial charge in [-0.2, -0.15) is 0 Å². The van der Waals surface area contributed by atoms with Crippen molar-refractivity contribution in [3.05, 3.63) is 65.2 Å². The molecule has 2 aromatic carbocycles. The van der Waals surface area contributed by atoms with Crippen LogP contribution >= 0.6 is 24.0 Å². The van der Waals surface area contributed by atoms with Gasteiger partial charge in [-0.1, -0.05) is 42.5 Å². The first kappa shape index (κ1) is 24.7. The second-order valence-corrected chi connectivity index (χ2v) is 6.41. The number of guanidine groups is 1. The number of halogens is 1. The summed E-state index contributed by atoms with van der Waals surface area (Å²) < 4.78 is 5.71. The van der Waals surface area contributed by atoms with Crippen LogP contribution in [-0.2, 0) is 17.9 Å². The Hall–Kier alpha value is -2.29. The largest absolute Gasteiger partial charge is 0.494 e. The highest BCUT2D eigenvalue weighted by Crippen LogP contribution is 2.20. The fourth-order valence-corrected chi connectivity index (χ4v) is 2.68. The minimum atomic E-state index is 0. The predicted octanol–water partition coefficient (Wildman–Crippen LogP) is 3.38. The molecule has 1 amide bonds. The van der Waals surface area contributed by atoms with Crippen LogP contribution in [0.3, 0.4) is 0 Å². The minimum Gasteiger partial charge on any atom is -0.494 e. The smallest absolute Gasteiger partial charge is 0.222 e. The first-order valence-electron chi connectivity index (χ1n) is 9.59. The molecule has 0 fully saturated rings. The number of hydrogen-bond acceptors (Lipinski definition) is 3. The quantitative estimate of drug-likeness (QED) is 0.275. The summed E-state index contributed by atoms with van der Waals surface area (Å²) >= 11 is 0. The number of nitrogens with one attached hydrogen (secondary N) is 3. The molecule has 3 N–H and O–H groups in total. The topological polar surface area (TPSA) is 74.8 Å². The number of ether oxygens (including phenoxy) is 1. The first-order chi connectivity index (χ1) is 13.6. The van der Waals surface area contributed by atoms with E-state index >= 15 is 0 Å². The molecular formula is C22H31IN4O2. The van der Waals surface area contributed by atoms with Gasteiger partial charge in [-0.25, -0.2) is 0 Å². The SMILES string of the molecule is CCOc1cc(C)ccc1CNC(=NC)NCCC(=O)NCc1ccccc1.I. The van der Waals surface area contributed by atoms with E-state index in [-0.39, 0.29) is 29.9 Å². The molecule has 0 spiro atoms. The van der Waals surface area contributed by atoms with Crippen molar-refractivity contribution in [2.75, 3.05) is 20.2 Å². The van der Waals surface area contributed by atoms with Crippen LogP contribution in [0.1, 0.15) is 30.0 Å². The molecule has 0 aromatic heterocycles. The third kappa shape index (κ3) is 9.17. The van der Waals surface area contributed by atoms with E-state index in [9.17, 15) is 4.79 Å². The zero-order valence-electron chi connectivity index (χ0n) is 17.3. The third-order valence-corrected chi connectivity index (χ3v) is 4.17. The number of benzene rings is 2. The van der Waals surface area contributed by atoms with E-state index in [1.807, 2.05) is 50.2 Å². The second-order valence-electron chi connectivity index (χ2n) is 6.41. The molecule has 0 aliphatic heterocycles. The molecule has 0 atom stereocenters. The molecule has 2 rings (SSSR count). The zero-order chi connectivity index (χ0) is 20.2. The summed E-state index contributed by atoms with van der Waals surface area (Å²) in [6.07, 6.45) is 0.377. The van der Waals surface area contributed by atoms with Crippen LogP contribution in [0.2, 0.25) is 0 Å². The van der Waals surface area contributed by atoms with Crippen LogP contribution in [-0.4, -0.2) is 32.1 Å². The van der Waals surface area contributed by atoms with Crippen LogP contribution in [0.25, 0.3) is 0 Å². The Morgan fingerprint density at radius 2 is 1.79 bits per heavy atom. The predicted molar refractivity (Wildman–Crippen MR) is 129 cm³/mol. The molecule has 0 heterocycles.